The zero-order chi connectivity index (χ0) is 19.6. The first kappa shape index (κ1) is 18.4. The van der Waals surface area contributed by atoms with Crippen molar-refractivity contribution in [1.82, 2.24) is 14.5 Å². The molecule has 0 bridgehead atoms. The van der Waals surface area contributed by atoms with Gasteiger partial charge in [-0.25, -0.2) is 9.78 Å². The van der Waals surface area contributed by atoms with Gasteiger partial charge in [0.05, 0.1) is 5.56 Å². The molecule has 0 saturated heterocycles. The largest absolute Gasteiger partial charge is 0.476 e. The van der Waals surface area contributed by atoms with E-state index in [1.54, 1.807) is 49.3 Å². The highest BCUT2D eigenvalue weighted by Gasteiger charge is 2.26. The van der Waals surface area contributed by atoms with E-state index in [0.717, 1.165) is 0 Å². The predicted molar refractivity (Wildman–Crippen MR) is 102 cm³/mol. The molecule has 2 N–H and O–H groups in total. The van der Waals surface area contributed by atoms with Gasteiger partial charge in [-0.15, -0.1) is 0 Å². The zero-order valence-corrected chi connectivity index (χ0v) is 15.3. The lowest BCUT2D eigenvalue weighted by Gasteiger charge is -2.15. The van der Waals surface area contributed by atoms with Gasteiger partial charge in [0.15, 0.2) is 11.5 Å². The number of carbonyl (C=O) groups excluding carboxylic acids is 1. The molecular weight excluding hydrogens is 370 g/mol. The number of hydrogen-bond acceptors (Lipinski definition) is 5. The van der Waals surface area contributed by atoms with E-state index in [-0.39, 0.29) is 22.2 Å². The van der Waals surface area contributed by atoms with Crippen molar-refractivity contribution in [3.8, 4) is 5.69 Å². The van der Waals surface area contributed by atoms with Gasteiger partial charge in [-0.3, -0.25) is 9.36 Å². The van der Waals surface area contributed by atoms with E-state index >= 15 is 0 Å². The summed E-state index contributed by atoms with van der Waals surface area (Å²) in [6.07, 6.45) is 1.45. The topological polar surface area (TPSA) is 100 Å². The molecule has 0 aliphatic carbocycles. The van der Waals surface area contributed by atoms with Crippen LogP contribution >= 0.6 is 11.6 Å². The number of nitrogens with zero attached hydrogens (tertiary/aromatic N) is 4. The molecule has 1 amide bonds. The van der Waals surface area contributed by atoms with Gasteiger partial charge >= 0.3 is 5.97 Å². The highest BCUT2D eigenvalue weighted by Crippen LogP contribution is 2.28. The minimum Gasteiger partial charge on any atom is -0.476 e. The molecule has 0 atom stereocenters. The van der Waals surface area contributed by atoms with Crippen LogP contribution in [0.2, 0.25) is 5.15 Å². The number of carboxylic acids is 1. The van der Waals surface area contributed by atoms with Crippen LogP contribution in [0.25, 0.3) is 5.69 Å². The van der Waals surface area contributed by atoms with Gasteiger partial charge in [-0.1, -0.05) is 29.8 Å². The second kappa shape index (κ2) is 7.46. The maximum absolute atomic E-state index is 12.5. The van der Waals surface area contributed by atoms with Crippen molar-refractivity contribution in [2.75, 3.05) is 24.3 Å². The molecule has 0 saturated carbocycles. The number of hydrogen-bond donors (Lipinski definition) is 2. The molecule has 3 aromatic rings. The van der Waals surface area contributed by atoms with E-state index in [9.17, 15) is 14.7 Å². The molecule has 0 unspecified atom stereocenters. The highest BCUT2D eigenvalue weighted by atomic mass is 35.5. The number of halogens is 1. The average Bonchev–Trinajstić information content (AvgIpc) is 3.02. The lowest BCUT2D eigenvalue weighted by molar-refractivity contribution is 0.0689. The van der Waals surface area contributed by atoms with Crippen LogP contribution in [0.4, 0.5) is 11.8 Å². The number of imidazole rings is 1. The van der Waals surface area contributed by atoms with Crippen molar-refractivity contribution in [2.24, 2.45) is 0 Å². The third-order valence-corrected chi connectivity index (χ3v) is 4.01. The predicted octanol–water partition coefficient (Wildman–Crippen LogP) is 2.94. The summed E-state index contributed by atoms with van der Waals surface area (Å²) in [4.78, 5) is 34.3. The minimum atomic E-state index is -1.23. The van der Waals surface area contributed by atoms with Crippen molar-refractivity contribution in [3.05, 3.63) is 65.1 Å². The lowest BCUT2D eigenvalue weighted by atomic mass is 10.2. The van der Waals surface area contributed by atoms with Crippen LogP contribution in [-0.4, -0.2) is 45.6 Å². The molecule has 0 radical (unpaired) electrons. The van der Waals surface area contributed by atoms with Crippen LogP contribution in [0.15, 0.2) is 48.7 Å². The highest BCUT2D eigenvalue weighted by molar-refractivity contribution is 6.33. The Balaban J connectivity index is 2.12. The number of carboxylic acid groups (broad SMARTS) is 1. The van der Waals surface area contributed by atoms with Crippen molar-refractivity contribution >= 4 is 35.2 Å². The van der Waals surface area contributed by atoms with Gasteiger partial charge < -0.3 is 15.3 Å². The van der Waals surface area contributed by atoms with Gasteiger partial charge in [0, 0.05) is 26.0 Å². The summed E-state index contributed by atoms with van der Waals surface area (Å²) in [5.41, 5.74) is 0.556. The Morgan fingerprint density at radius 3 is 2.44 bits per heavy atom. The molecule has 2 heterocycles. The van der Waals surface area contributed by atoms with E-state index in [4.69, 9.17) is 11.6 Å². The summed E-state index contributed by atoms with van der Waals surface area (Å²) >= 11 is 5.95. The maximum atomic E-state index is 12.5. The molecule has 3 rings (SSSR count). The minimum absolute atomic E-state index is 0.0159. The third-order valence-electron chi connectivity index (χ3n) is 3.71. The van der Waals surface area contributed by atoms with Crippen LogP contribution in [0.1, 0.15) is 20.8 Å². The molecule has 9 heteroatoms. The van der Waals surface area contributed by atoms with Crippen LogP contribution in [0, 0.1) is 0 Å². The maximum Gasteiger partial charge on any atom is 0.356 e. The Hall–Kier alpha value is -3.39. The number of nitrogens with one attached hydrogen (secondary N) is 1. The first-order chi connectivity index (χ1) is 12.9. The van der Waals surface area contributed by atoms with Crippen molar-refractivity contribution in [3.63, 3.8) is 0 Å². The Morgan fingerprint density at radius 2 is 1.85 bits per heavy atom. The average molecular weight is 386 g/mol. The number of amides is 1. The first-order valence-electron chi connectivity index (χ1n) is 7.90. The van der Waals surface area contributed by atoms with Crippen molar-refractivity contribution in [1.29, 1.82) is 0 Å². The summed E-state index contributed by atoms with van der Waals surface area (Å²) in [6.45, 7) is 0. The number of carbonyl (C=O) groups is 2. The molecule has 0 aliphatic heterocycles. The van der Waals surface area contributed by atoms with Crippen LogP contribution in [-0.2, 0) is 0 Å². The quantitative estimate of drug-likeness (QED) is 0.655. The molecule has 0 aliphatic rings. The number of aromatic nitrogens is 3. The fraction of sp³-hybridized carbons (Fsp3) is 0.111. The van der Waals surface area contributed by atoms with Gasteiger partial charge in [-0.2, -0.15) is 4.98 Å². The van der Waals surface area contributed by atoms with Crippen molar-refractivity contribution < 1.29 is 14.7 Å². The van der Waals surface area contributed by atoms with Crippen molar-refractivity contribution in [2.45, 2.75) is 0 Å². The third kappa shape index (κ3) is 3.61. The molecular formula is C18H16ClN5O3. The monoisotopic (exact) mass is 385 g/mol. The van der Waals surface area contributed by atoms with E-state index in [1.807, 2.05) is 6.07 Å². The number of rotatable bonds is 5. The molecule has 27 heavy (non-hydrogen) atoms. The van der Waals surface area contributed by atoms with Crippen LogP contribution in [0.3, 0.4) is 0 Å². The normalized spacial score (nSPS) is 10.5. The zero-order valence-electron chi connectivity index (χ0n) is 14.5. The lowest BCUT2D eigenvalue weighted by Crippen LogP contribution is -2.18. The first-order valence-corrected chi connectivity index (χ1v) is 8.28. The SMILES string of the molecule is CN(C)c1nc(NC(=O)c2cccnc2Cl)c(C(=O)O)n1-c1ccccc1. The molecule has 138 valence electrons. The van der Waals surface area contributed by atoms with E-state index in [2.05, 4.69) is 15.3 Å². The Morgan fingerprint density at radius 1 is 1.15 bits per heavy atom. The smallest absolute Gasteiger partial charge is 0.356 e. The molecule has 8 nitrogen and oxygen atoms in total. The number of anilines is 2. The molecule has 0 spiro atoms. The number of para-hydroxylation sites is 1. The molecule has 2 aromatic heterocycles. The van der Waals surface area contributed by atoms with Gasteiger partial charge in [0.1, 0.15) is 5.15 Å². The summed E-state index contributed by atoms with van der Waals surface area (Å²) in [7, 11) is 3.47. The Kier molecular flexibility index (Phi) is 5.09. The Bertz CT molecular complexity index is 1000. The summed E-state index contributed by atoms with van der Waals surface area (Å²) in [5, 5.41) is 12.3. The van der Waals surface area contributed by atoms with E-state index < -0.39 is 11.9 Å². The second-order valence-corrected chi connectivity index (χ2v) is 6.13. The molecule has 1 aromatic carbocycles. The summed E-state index contributed by atoms with van der Waals surface area (Å²) < 4.78 is 1.46. The van der Waals surface area contributed by atoms with Gasteiger partial charge in [-0.05, 0) is 24.3 Å². The van der Waals surface area contributed by atoms with Crippen LogP contribution < -0.4 is 10.2 Å². The number of benzene rings is 1. The summed E-state index contributed by atoms with van der Waals surface area (Å²) in [5.74, 6) is -1.56. The van der Waals surface area contributed by atoms with E-state index in [0.29, 0.717) is 11.6 Å². The van der Waals surface area contributed by atoms with E-state index in [1.165, 1.54) is 16.8 Å². The summed E-state index contributed by atoms with van der Waals surface area (Å²) in [6, 6.07) is 12.0. The van der Waals surface area contributed by atoms with Crippen LogP contribution in [0.5, 0.6) is 0 Å². The number of pyridine rings is 1. The van der Waals surface area contributed by atoms with Gasteiger partial charge in [0.2, 0.25) is 5.95 Å². The fourth-order valence-electron chi connectivity index (χ4n) is 2.54. The fourth-order valence-corrected chi connectivity index (χ4v) is 2.75. The van der Waals surface area contributed by atoms with Gasteiger partial charge in [0.25, 0.3) is 5.91 Å². The second-order valence-electron chi connectivity index (χ2n) is 5.78. The Labute approximate surface area is 160 Å². The molecule has 0 fully saturated rings. The standard InChI is InChI=1S/C18H16ClN5O3/c1-23(2)18-22-15(21-16(25)12-9-6-10-20-14(12)19)13(17(26)27)24(18)11-7-4-3-5-8-11/h3-10H,1-2H3,(H,21,25)(H,26,27). The number of aromatic carboxylic acids is 1.